The largest absolute Gasteiger partial charge is 0.317 e. The quantitative estimate of drug-likeness (QED) is 0.808. The summed E-state index contributed by atoms with van der Waals surface area (Å²) >= 11 is 3.56. The summed E-state index contributed by atoms with van der Waals surface area (Å²) in [4.78, 5) is 0. The summed E-state index contributed by atoms with van der Waals surface area (Å²) in [6.07, 6.45) is 3.04. The van der Waals surface area contributed by atoms with Gasteiger partial charge >= 0.3 is 0 Å². The highest BCUT2D eigenvalue weighted by molar-refractivity contribution is 9.10. The zero-order valence-electron chi connectivity index (χ0n) is 9.76. The minimum atomic E-state index is 0.542. The van der Waals surface area contributed by atoms with Gasteiger partial charge in [-0.25, -0.2) is 0 Å². The van der Waals surface area contributed by atoms with Crippen molar-refractivity contribution >= 4 is 15.9 Å². The molecule has 1 N–H and O–H groups in total. The van der Waals surface area contributed by atoms with E-state index in [0.29, 0.717) is 5.92 Å². The zero-order valence-corrected chi connectivity index (χ0v) is 11.3. The molecule has 0 amide bonds. The van der Waals surface area contributed by atoms with E-state index < -0.39 is 0 Å². The van der Waals surface area contributed by atoms with Gasteiger partial charge in [-0.3, -0.25) is 4.68 Å². The van der Waals surface area contributed by atoms with E-state index >= 15 is 0 Å². The fourth-order valence-electron chi connectivity index (χ4n) is 1.75. The van der Waals surface area contributed by atoms with E-state index in [9.17, 15) is 0 Å². The monoisotopic (exact) mass is 273 g/mol. The molecule has 4 heteroatoms. The molecule has 0 aliphatic heterocycles. The lowest BCUT2D eigenvalue weighted by Crippen LogP contribution is -2.17. The Bertz CT molecular complexity index is 296. The van der Waals surface area contributed by atoms with Gasteiger partial charge in [0, 0.05) is 12.5 Å². The lowest BCUT2D eigenvalue weighted by Gasteiger charge is -2.14. The van der Waals surface area contributed by atoms with Crippen LogP contribution in [0.2, 0.25) is 0 Å². The minimum Gasteiger partial charge on any atom is -0.317 e. The van der Waals surface area contributed by atoms with Gasteiger partial charge in [-0.05, 0) is 42.4 Å². The van der Waals surface area contributed by atoms with E-state index in [4.69, 9.17) is 0 Å². The predicted molar refractivity (Wildman–Crippen MR) is 67.2 cm³/mol. The van der Waals surface area contributed by atoms with Crippen LogP contribution in [-0.4, -0.2) is 22.9 Å². The number of nitrogens with zero attached hydrogens (tertiary/aromatic N) is 2. The standard InChI is InChI=1S/C11H20BrN3/c1-4-13-7-6-9(3)11-10(12)8-14-15(11)5-2/h8-9,13H,4-7H2,1-3H3. The maximum Gasteiger partial charge on any atom is 0.0635 e. The van der Waals surface area contributed by atoms with E-state index in [-0.39, 0.29) is 0 Å². The molecule has 0 fully saturated rings. The molecule has 0 aliphatic rings. The number of aryl methyl sites for hydroxylation is 1. The fourth-order valence-corrected chi connectivity index (χ4v) is 2.43. The summed E-state index contributed by atoms with van der Waals surface area (Å²) in [5.41, 5.74) is 1.32. The van der Waals surface area contributed by atoms with E-state index in [1.54, 1.807) is 0 Å². The molecule has 1 rings (SSSR count). The van der Waals surface area contributed by atoms with Gasteiger partial charge in [0.1, 0.15) is 0 Å². The van der Waals surface area contributed by atoms with Gasteiger partial charge in [-0.15, -0.1) is 0 Å². The SMILES string of the molecule is CCNCCC(C)c1c(Br)cnn1CC. The van der Waals surface area contributed by atoms with Crippen molar-refractivity contribution in [2.24, 2.45) is 0 Å². The van der Waals surface area contributed by atoms with E-state index in [1.165, 1.54) is 5.69 Å². The maximum atomic E-state index is 4.33. The number of aromatic nitrogens is 2. The van der Waals surface area contributed by atoms with Crippen molar-refractivity contribution in [3.63, 3.8) is 0 Å². The van der Waals surface area contributed by atoms with Crippen LogP contribution in [0, 0.1) is 0 Å². The first-order chi connectivity index (χ1) is 7.20. The average molecular weight is 274 g/mol. The highest BCUT2D eigenvalue weighted by atomic mass is 79.9. The second-order valence-electron chi connectivity index (χ2n) is 3.74. The Labute approximate surface area is 100 Å². The summed E-state index contributed by atoms with van der Waals surface area (Å²) in [5, 5.41) is 7.69. The molecule has 0 saturated heterocycles. The van der Waals surface area contributed by atoms with Gasteiger partial charge in [0.2, 0.25) is 0 Å². The molecule has 1 atom stereocenters. The van der Waals surface area contributed by atoms with Crippen molar-refractivity contribution in [3.05, 3.63) is 16.4 Å². The van der Waals surface area contributed by atoms with Crippen LogP contribution in [0.5, 0.6) is 0 Å². The Kier molecular flexibility index (Phi) is 5.32. The molecule has 0 saturated carbocycles. The third-order valence-corrected chi connectivity index (χ3v) is 3.21. The zero-order chi connectivity index (χ0) is 11.3. The first-order valence-corrected chi connectivity index (χ1v) is 6.41. The summed E-state index contributed by atoms with van der Waals surface area (Å²) in [6, 6.07) is 0. The first-order valence-electron chi connectivity index (χ1n) is 5.62. The van der Waals surface area contributed by atoms with E-state index in [0.717, 1.165) is 30.5 Å². The van der Waals surface area contributed by atoms with Crippen molar-refractivity contribution in [1.29, 1.82) is 0 Å². The lowest BCUT2D eigenvalue weighted by atomic mass is 10.0. The Morgan fingerprint density at radius 2 is 2.27 bits per heavy atom. The van der Waals surface area contributed by atoms with E-state index in [1.807, 2.05) is 6.20 Å². The highest BCUT2D eigenvalue weighted by Crippen LogP contribution is 2.26. The number of hydrogen-bond acceptors (Lipinski definition) is 2. The molecule has 0 radical (unpaired) electrons. The molecule has 1 heterocycles. The summed E-state index contributed by atoms with van der Waals surface area (Å²) in [7, 11) is 0. The third-order valence-electron chi connectivity index (χ3n) is 2.60. The van der Waals surface area contributed by atoms with Crippen LogP contribution in [0.1, 0.15) is 38.8 Å². The molecular weight excluding hydrogens is 254 g/mol. The molecule has 1 aromatic heterocycles. The second-order valence-corrected chi connectivity index (χ2v) is 4.59. The molecule has 86 valence electrons. The predicted octanol–water partition coefficient (Wildman–Crippen LogP) is 2.77. The molecule has 0 aliphatic carbocycles. The van der Waals surface area contributed by atoms with Gasteiger partial charge in [0.15, 0.2) is 0 Å². The summed E-state index contributed by atoms with van der Waals surface area (Å²) < 4.78 is 3.20. The molecule has 0 aromatic carbocycles. The van der Waals surface area contributed by atoms with Crippen LogP contribution in [0.25, 0.3) is 0 Å². The van der Waals surface area contributed by atoms with Crippen LogP contribution < -0.4 is 5.32 Å². The Morgan fingerprint density at radius 1 is 1.53 bits per heavy atom. The second kappa shape index (κ2) is 6.28. The van der Waals surface area contributed by atoms with Gasteiger partial charge in [-0.1, -0.05) is 13.8 Å². The van der Waals surface area contributed by atoms with Gasteiger partial charge in [0.05, 0.1) is 16.4 Å². The number of rotatable bonds is 6. The maximum absolute atomic E-state index is 4.33. The molecule has 3 nitrogen and oxygen atoms in total. The molecule has 1 unspecified atom stereocenters. The molecular formula is C11H20BrN3. The number of halogens is 1. The van der Waals surface area contributed by atoms with Gasteiger partial charge in [-0.2, -0.15) is 5.10 Å². The van der Waals surface area contributed by atoms with Crippen molar-refractivity contribution < 1.29 is 0 Å². The van der Waals surface area contributed by atoms with E-state index in [2.05, 4.69) is 51.8 Å². The minimum absolute atomic E-state index is 0.542. The Morgan fingerprint density at radius 3 is 2.87 bits per heavy atom. The number of hydrogen-bond donors (Lipinski definition) is 1. The van der Waals surface area contributed by atoms with Crippen molar-refractivity contribution in [2.45, 2.75) is 39.7 Å². The number of nitrogens with one attached hydrogen (secondary N) is 1. The van der Waals surface area contributed by atoms with Gasteiger partial charge in [0.25, 0.3) is 0 Å². The van der Waals surface area contributed by atoms with Crippen LogP contribution in [0.3, 0.4) is 0 Å². The van der Waals surface area contributed by atoms with Crippen LogP contribution in [-0.2, 0) is 6.54 Å². The highest BCUT2D eigenvalue weighted by Gasteiger charge is 2.14. The van der Waals surface area contributed by atoms with Crippen LogP contribution in [0.4, 0.5) is 0 Å². The Hall–Kier alpha value is -0.350. The van der Waals surface area contributed by atoms with Crippen LogP contribution >= 0.6 is 15.9 Å². The van der Waals surface area contributed by atoms with Gasteiger partial charge < -0.3 is 5.32 Å². The van der Waals surface area contributed by atoms with Crippen LogP contribution in [0.15, 0.2) is 10.7 Å². The molecule has 1 aromatic rings. The third kappa shape index (κ3) is 3.31. The van der Waals surface area contributed by atoms with Crippen molar-refractivity contribution in [2.75, 3.05) is 13.1 Å². The topological polar surface area (TPSA) is 29.9 Å². The average Bonchev–Trinajstić information content (AvgIpc) is 2.59. The summed E-state index contributed by atoms with van der Waals surface area (Å²) in [5.74, 6) is 0.542. The van der Waals surface area contributed by atoms with Crippen molar-refractivity contribution in [1.82, 2.24) is 15.1 Å². The first kappa shape index (κ1) is 12.7. The van der Waals surface area contributed by atoms with Crippen molar-refractivity contribution in [3.8, 4) is 0 Å². The smallest absolute Gasteiger partial charge is 0.0635 e. The molecule has 0 bridgehead atoms. The molecule has 15 heavy (non-hydrogen) atoms. The fraction of sp³-hybridized carbons (Fsp3) is 0.727. The lowest BCUT2D eigenvalue weighted by molar-refractivity contribution is 0.541. The normalized spacial score (nSPS) is 13.1. The Balaban J connectivity index is 2.63. The molecule has 0 spiro atoms. The summed E-state index contributed by atoms with van der Waals surface area (Å²) in [6.45, 7) is 9.56.